The molecule has 7 heteroatoms. The van der Waals surface area contributed by atoms with Crippen molar-refractivity contribution in [2.75, 3.05) is 12.3 Å². The second-order valence-electron chi connectivity index (χ2n) is 5.35. The Morgan fingerprint density at radius 1 is 1.17 bits per heavy atom. The molecule has 0 spiro atoms. The van der Waals surface area contributed by atoms with E-state index in [9.17, 15) is 18.0 Å². The molecule has 23 heavy (non-hydrogen) atoms. The van der Waals surface area contributed by atoms with Crippen molar-refractivity contribution in [2.24, 2.45) is 5.92 Å². The topological polar surface area (TPSA) is 101 Å². The van der Waals surface area contributed by atoms with E-state index in [4.69, 9.17) is 5.11 Å². The molecule has 0 bridgehead atoms. The number of carboxylic acid groups (broad SMARTS) is 1. The first-order valence-corrected chi connectivity index (χ1v) is 9.31. The molecule has 0 fully saturated rings. The molecule has 0 radical (unpaired) electrons. The Labute approximate surface area is 136 Å². The maximum atomic E-state index is 12.3. The van der Waals surface area contributed by atoms with Gasteiger partial charge in [-0.25, -0.2) is 8.42 Å². The summed E-state index contributed by atoms with van der Waals surface area (Å²) < 4.78 is 24.5. The number of sulfone groups is 1. The van der Waals surface area contributed by atoms with Crippen LogP contribution in [0.2, 0.25) is 0 Å². The Hall–Kier alpha value is -1.89. The molecule has 0 aliphatic heterocycles. The maximum Gasteiger partial charge on any atom is 0.308 e. The van der Waals surface area contributed by atoms with Crippen LogP contribution in [0.4, 0.5) is 0 Å². The molecule has 0 aliphatic rings. The molecular formula is C16H23NO5S. The smallest absolute Gasteiger partial charge is 0.308 e. The summed E-state index contributed by atoms with van der Waals surface area (Å²) in [6.07, 6.45) is 1.59. The van der Waals surface area contributed by atoms with Crippen molar-refractivity contribution < 1.29 is 23.1 Å². The summed E-state index contributed by atoms with van der Waals surface area (Å²) >= 11 is 0. The minimum atomic E-state index is -3.53. The zero-order valence-electron chi connectivity index (χ0n) is 13.4. The predicted molar refractivity (Wildman–Crippen MR) is 87.2 cm³/mol. The average molecular weight is 341 g/mol. The van der Waals surface area contributed by atoms with Crippen LogP contribution in [0.15, 0.2) is 29.2 Å². The number of aliphatic carboxylic acids is 1. The van der Waals surface area contributed by atoms with Crippen LogP contribution < -0.4 is 5.32 Å². The second kappa shape index (κ2) is 8.67. The zero-order valence-corrected chi connectivity index (χ0v) is 14.2. The van der Waals surface area contributed by atoms with Gasteiger partial charge in [0.1, 0.15) is 0 Å². The Morgan fingerprint density at radius 2 is 1.83 bits per heavy atom. The highest BCUT2D eigenvalue weighted by atomic mass is 32.2. The summed E-state index contributed by atoms with van der Waals surface area (Å²) in [5, 5.41) is 11.6. The fourth-order valence-electron chi connectivity index (χ4n) is 2.28. The monoisotopic (exact) mass is 341 g/mol. The van der Waals surface area contributed by atoms with Crippen LogP contribution in [0.1, 0.15) is 43.5 Å². The first-order valence-electron chi connectivity index (χ1n) is 7.66. The fourth-order valence-corrected chi connectivity index (χ4v) is 3.82. The lowest BCUT2D eigenvalue weighted by molar-refractivity contribution is -0.141. The highest BCUT2D eigenvalue weighted by Gasteiger charge is 2.23. The summed E-state index contributed by atoms with van der Waals surface area (Å²) in [5.41, 5.74) is 0.0570. The van der Waals surface area contributed by atoms with E-state index in [1.54, 1.807) is 19.1 Å². The van der Waals surface area contributed by atoms with E-state index in [0.717, 1.165) is 0 Å². The molecule has 1 aromatic rings. The van der Waals surface area contributed by atoms with Gasteiger partial charge in [0.25, 0.3) is 5.91 Å². The third-order valence-electron chi connectivity index (χ3n) is 3.43. The van der Waals surface area contributed by atoms with E-state index in [0.29, 0.717) is 19.3 Å². The lowest BCUT2D eigenvalue weighted by Gasteiger charge is -2.14. The highest BCUT2D eigenvalue weighted by Crippen LogP contribution is 2.18. The second-order valence-corrected chi connectivity index (χ2v) is 7.43. The SMILES string of the molecule is CCCC(CNC(=O)c1ccccc1S(=O)(=O)CCC)C(=O)O. The van der Waals surface area contributed by atoms with Gasteiger partial charge in [0.05, 0.1) is 22.1 Å². The van der Waals surface area contributed by atoms with Crippen molar-refractivity contribution in [3.63, 3.8) is 0 Å². The van der Waals surface area contributed by atoms with Crippen molar-refractivity contribution in [3.8, 4) is 0 Å². The molecule has 1 rings (SSSR count). The number of benzene rings is 1. The van der Waals surface area contributed by atoms with Gasteiger partial charge in [-0.2, -0.15) is 0 Å². The van der Waals surface area contributed by atoms with Crippen LogP contribution in [0.3, 0.4) is 0 Å². The Bertz CT molecular complexity index is 654. The zero-order chi connectivity index (χ0) is 17.5. The fraction of sp³-hybridized carbons (Fsp3) is 0.500. The molecule has 0 heterocycles. The van der Waals surface area contributed by atoms with E-state index in [1.165, 1.54) is 12.1 Å². The summed E-state index contributed by atoms with van der Waals surface area (Å²) in [4.78, 5) is 23.4. The number of rotatable bonds is 9. The van der Waals surface area contributed by atoms with Crippen LogP contribution in [-0.2, 0) is 14.6 Å². The summed E-state index contributed by atoms with van der Waals surface area (Å²) in [5.74, 6) is -2.25. The maximum absolute atomic E-state index is 12.3. The molecular weight excluding hydrogens is 318 g/mol. The van der Waals surface area contributed by atoms with E-state index in [1.807, 2.05) is 6.92 Å². The minimum absolute atomic E-state index is 0.0123. The van der Waals surface area contributed by atoms with Crippen molar-refractivity contribution >= 4 is 21.7 Å². The number of hydrogen-bond acceptors (Lipinski definition) is 4. The van der Waals surface area contributed by atoms with E-state index < -0.39 is 27.6 Å². The van der Waals surface area contributed by atoms with Gasteiger partial charge in [-0.3, -0.25) is 9.59 Å². The Morgan fingerprint density at radius 3 is 2.39 bits per heavy atom. The predicted octanol–water partition coefficient (Wildman–Crippen LogP) is 2.10. The standard InChI is InChI=1S/C16H23NO5S/c1-3-7-12(16(19)20)11-17-15(18)13-8-5-6-9-14(13)23(21,22)10-4-2/h5-6,8-9,12H,3-4,7,10-11H2,1-2H3,(H,17,18)(H,19,20). The molecule has 1 unspecified atom stereocenters. The van der Waals surface area contributed by atoms with Gasteiger partial charge in [0, 0.05) is 6.54 Å². The van der Waals surface area contributed by atoms with Crippen molar-refractivity contribution in [3.05, 3.63) is 29.8 Å². The molecule has 128 valence electrons. The van der Waals surface area contributed by atoms with E-state index in [-0.39, 0.29) is 22.8 Å². The summed E-state index contributed by atoms with van der Waals surface area (Å²) in [7, 11) is -3.53. The van der Waals surface area contributed by atoms with Gasteiger partial charge in [-0.05, 0) is 25.0 Å². The minimum Gasteiger partial charge on any atom is -0.481 e. The van der Waals surface area contributed by atoms with Crippen LogP contribution >= 0.6 is 0 Å². The molecule has 1 amide bonds. The lowest BCUT2D eigenvalue weighted by atomic mass is 10.0. The van der Waals surface area contributed by atoms with Crippen LogP contribution in [0.5, 0.6) is 0 Å². The van der Waals surface area contributed by atoms with Crippen LogP contribution in [0, 0.1) is 5.92 Å². The van der Waals surface area contributed by atoms with Crippen LogP contribution in [-0.4, -0.2) is 37.7 Å². The van der Waals surface area contributed by atoms with Crippen LogP contribution in [0.25, 0.3) is 0 Å². The number of amides is 1. The first-order chi connectivity index (χ1) is 10.8. The van der Waals surface area contributed by atoms with Gasteiger partial charge in [0.2, 0.25) is 0 Å². The van der Waals surface area contributed by atoms with Gasteiger partial charge in [0.15, 0.2) is 9.84 Å². The Balaban J connectivity index is 2.95. The molecule has 1 atom stereocenters. The van der Waals surface area contributed by atoms with Gasteiger partial charge < -0.3 is 10.4 Å². The third-order valence-corrected chi connectivity index (χ3v) is 5.41. The largest absolute Gasteiger partial charge is 0.481 e. The number of hydrogen-bond donors (Lipinski definition) is 2. The Kier molecular flexibility index (Phi) is 7.22. The summed E-state index contributed by atoms with van der Waals surface area (Å²) in [6, 6.07) is 5.99. The van der Waals surface area contributed by atoms with Gasteiger partial charge in [-0.1, -0.05) is 32.4 Å². The van der Waals surface area contributed by atoms with E-state index >= 15 is 0 Å². The third kappa shape index (κ3) is 5.35. The van der Waals surface area contributed by atoms with Gasteiger partial charge >= 0.3 is 5.97 Å². The van der Waals surface area contributed by atoms with E-state index in [2.05, 4.69) is 5.32 Å². The molecule has 0 saturated carbocycles. The molecule has 0 aliphatic carbocycles. The van der Waals surface area contributed by atoms with Crippen molar-refractivity contribution in [1.82, 2.24) is 5.32 Å². The number of carbonyl (C=O) groups excluding carboxylic acids is 1. The lowest BCUT2D eigenvalue weighted by Crippen LogP contribution is -2.33. The number of nitrogens with one attached hydrogen (secondary N) is 1. The van der Waals surface area contributed by atoms with Crippen molar-refractivity contribution in [1.29, 1.82) is 0 Å². The molecule has 0 saturated heterocycles. The van der Waals surface area contributed by atoms with Crippen molar-refractivity contribution in [2.45, 2.75) is 38.0 Å². The highest BCUT2D eigenvalue weighted by molar-refractivity contribution is 7.91. The normalized spacial score (nSPS) is 12.6. The molecule has 0 aromatic heterocycles. The number of carbonyl (C=O) groups is 2. The molecule has 1 aromatic carbocycles. The average Bonchev–Trinajstić information content (AvgIpc) is 2.50. The van der Waals surface area contributed by atoms with Gasteiger partial charge in [-0.15, -0.1) is 0 Å². The first kappa shape index (κ1) is 19.2. The quantitative estimate of drug-likeness (QED) is 0.716. The number of carboxylic acids is 1. The molecule has 6 nitrogen and oxygen atoms in total. The molecule has 2 N–H and O–H groups in total. The summed E-state index contributed by atoms with van der Waals surface area (Å²) in [6.45, 7) is 3.59.